The Bertz CT molecular complexity index is 1790. The first-order valence-electron chi connectivity index (χ1n) is 13.4. The third-order valence-corrected chi connectivity index (χ3v) is 10.1. The average molecular weight is 634 g/mol. The van der Waals surface area contributed by atoms with E-state index >= 15 is 0 Å². The van der Waals surface area contributed by atoms with Crippen LogP contribution in [0.5, 0.6) is 0 Å². The number of esters is 1. The molecule has 0 spiro atoms. The quantitative estimate of drug-likeness (QED) is 0.220. The molecule has 3 heterocycles. The molecular weight excluding hydrogens is 610 g/mol. The molecule has 0 radical (unpaired) electrons. The van der Waals surface area contributed by atoms with Gasteiger partial charge in [-0.05, 0) is 61.0 Å². The van der Waals surface area contributed by atoms with Crippen molar-refractivity contribution in [1.29, 1.82) is 0 Å². The highest BCUT2D eigenvalue weighted by Gasteiger charge is 2.56. The number of nitrogens with zero attached hydrogens (tertiary/aromatic N) is 2. The Balaban J connectivity index is 1.35. The van der Waals surface area contributed by atoms with Crippen LogP contribution >= 0.6 is 34.7 Å². The van der Waals surface area contributed by atoms with Gasteiger partial charge in [0.05, 0.1) is 28.8 Å². The number of fused-ring (bicyclic) bond motifs is 2. The van der Waals surface area contributed by atoms with Gasteiger partial charge in [-0.25, -0.2) is 9.69 Å². The second kappa shape index (κ2) is 11.8. The first-order valence-corrected chi connectivity index (χ1v) is 15.5. The molecule has 0 unspecified atom stereocenters. The Morgan fingerprint density at radius 3 is 2.30 bits per heavy atom. The normalized spacial score (nSPS) is 19.1. The molecule has 218 valence electrons. The Morgan fingerprint density at radius 1 is 0.930 bits per heavy atom. The van der Waals surface area contributed by atoms with E-state index in [0.717, 1.165) is 33.6 Å². The van der Waals surface area contributed by atoms with Gasteiger partial charge in [-0.2, -0.15) is 0 Å². The van der Waals surface area contributed by atoms with E-state index in [1.807, 2.05) is 30.3 Å². The summed E-state index contributed by atoms with van der Waals surface area (Å²) < 4.78 is 6.41. The van der Waals surface area contributed by atoms with Crippen LogP contribution in [0.3, 0.4) is 0 Å². The van der Waals surface area contributed by atoms with E-state index in [1.54, 1.807) is 43.3 Å². The minimum atomic E-state index is -0.825. The zero-order valence-electron chi connectivity index (χ0n) is 22.7. The second-order valence-corrected chi connectivity index (χ2v) is 12.5. The highest BCUT2D eigenvalue weighted by atomic mass is 35.5. The molecule has 1 N–H and O–H groups in total. The number of rotatable bonds is 7. The summed E-state index contributed by atoms with van der Waals surface area (Å²) in [6.45, 7) is 1.67. The minimum Gasteiger partial charge on any atom is -0.462 e. The summed E-state index contributed by atoms with van der Waals surface area (Å²) in [5.41, 5.74) is 1.97. The number of imide groups is 1. The topological polar surface area (TPSA) is 115 Å². The van der Waals surface area contributed by atoms with E-state index in [1.165, 1.54) is 16.7 Å². The third-order valence-electron chi connectivity index (χ3n) is 7.27. The van der Waals surface area contributed by atoms with Crippen LogP contribution in [0.15, 0.2) is 88.7 Å². The number of benzene rings is 3. The van der Waals surface area contributed by atoms with Crippen molar-refractivity contribution in [2.45, 2.75) is 29.7 Å². The van der Waals surface area contributed by atoms with Gasteiger partial charge in [0, 0.05) is 21.5 Å². The fraction of sp³-hybridized carbons (Fsp3) is 0.194. The lowest BCUT2D eigenvalue weighted by Gasteiger charge is -2.30. The van der Waals surface area contributed by atoms with E-state index in [9.17, 15) is 24.0 Å². The maximum atomic E-state index is 14.0. The van der Waals surface area contributed by atoms with Gasteiger partial charge in [-0.1, -0.05) is 65.0 Å². The fourth-order valence-corrected chi connectivity index (χ4v) is 8.27. The zero-order chi connectivity index (χ0) is 30.2. The number of carbonyl (C=O) groups is 4. The number of hydrogen-bond acceptors (Lipinski definition) is 8. The molecule has 1 aromatic heterocycles. The van der Waals surface area contributed by atoms with Crippen molar-refractivity contribution in [3.63, 3.8) is 0 Å². The molecule has 1 saturated heterocycles. The number of anilines is 2. The molecule has 0 saturated carbocycles. The molecule has 9 nitrogen and oxygen atoms in total. The lowest BCUT2D eigenvalue weighted by Crippen LogP contribution is -2.33. The molecule has 6 rings (SSSR count). The summed E-state index contributed by atoms with van der Waals surface area (Å²) in [6, 6.07) is 22.0. The van der Waals surface area contributed by atoms with E-state index in [4.69, 9.17) is 16.3 Å². The molecule has 0 aliphatic carbocycles. The van der Waals surface area contributed by atoms with Gasteiger partial charge in [0.1, 0.15) is 11.8 Å². The van der Waals surface area contributed by atoms with Crippen LogP contribution in [0.1, 0.15) is 33.6 Å². The molecule has 2 aliphatic rings. The predicted octanol–water partition coefficient (Wildman–Crippen LogP) is 5.17. The molecule has 43 heavy (non-hydrogen) atoms. The van der Waals surface area contributed by atoms with Crippen molar-refractivity contribution >= 4 is 69.8 Å². The number of ether oxygens (including phenoxy) is 1. The average Bonchev–Trinajstić information content (AvgIpc) is 3.45. The highest BCUT2D eigenvalue weighted by Crippen LogP contribution is 2.53. The van der Waals surface area contributed by atoms with Crippen LogP contribution in [0.4, 0.5) is 11.4 Å². The standard InChI is InChI=1S/C31H24ClN3O6S2/c1-2-41-30(39)18-8-14-21(15-9-18)35-27(37)24-23(17-6-4-3-5-7-17)26-29(42-25(24)28(35)38)34(31(40)43-26)16-22(36)33-20-12-10-19(32)11-13-20/h3-15,23-25H,2,16H2,1H3,(H,33,36)/t23-,24+,25-/m0/s1. The van der Waals surface area contributed by atoms with E-state index in [2.05, 4.69) is 5.32 Å². The van der Waals surface area contributed by atoms with Gasteiger partial charge in [-0.3, -0.25) is 23.7 Å². The first-order chi connectivity index (χ1) is 20.8. The molecule has 1 fully saturated rings. The van der Waals surface area contributed by atoms with Crippen LogP contribution < -0.4 is 15.1 Å². The number of thioether (sulfide) groups is 1. The number of carbonyl (C=O) groups excluding carboxylic acids is 4. The minimum absolute atomic E-state index is 0.225. The van der Waals surface area contributed by atoms with Crippen LogP contribution in [-0.2, 0) is 25.7 Å². The second-order valence-electron chi connectivity index (χ2n) is 9.91. The van der Waals surface area contributed by atoms with Crippen molar-refractivity contribution < 1.29 is 23.9 Å². The smallest absolute Gasteiger partial charge is 0.338 e. The Morgan fingerprint density at radius 2 is 1.63 bits per heavy atom. The molecule has 0 bridgehead atoms. The number of thiazole rings is 1. The van der Waals surface area contributed by atoms with Crippen molar-refractivity contribution in [3.8, 4) is 0 Å². The summed E-state index contributed by atoms with van der Waals surface area (Å²) in [5, 5.41) is 2.97. The number of hydrogen-bond donors (Lipinski definition) is 1. The zero-order valence-corrected chi connectivity index (χ0v) is 25.1. The Labute approximate surface area is 259 Å². The van der Waals surface area contributed by atoms with Crippen LogP contribution in [-0.4, -0.2) is 40.1 Å². The van der Waals surface area contributed by atoms with Gasteiger partial charge in [0.15, 0.2) is 0 Å². The summed E-state index contributed by atoms with van der Waals surface area (Å²) in [5.74, 6) is -3.07. The van der Waals surface area contributed by atoms with Gasteiger partial charge >= 0.3 is 10.8 Å². The van der Waals surface area contributed by atoms with Crippen LogP contribution in [0.25, 0.3) is 0 Å². The molecule has 3 aromatic carbocycles. The largest absolute Gasteiger partial charge is 0.462 e. The molecule has 2 aliphatic heterocycles. The SMILES string of the molecule is CCOC(=O)c1ccc(N2C(=O)[C@@H]3[C@H](c4ccccc4)c4sc(=O)n(CC(=O)Nc5ccc(Cl)cc5)c4S[C@@H]3C2=O)cc1. The maximum absolute atomic E-state index is 14.0. The van der Waals surface area contributed by atoms with Gasteiger partial charge in [-0.15, -0.1) is 0 Å². The van der Waals surface area contributed by atoms with Crippen LogP contribution in [0.2, 0.25) is 5.02 Å². The Kier molecular flexibility index (Phi) is 7.95. The van der Waals surface area contributed by atoms with E-state index < -0.39 is 40.8 Å². The number of amides is 3. The summed E-state index contributed by atoms with van der Waals surface area (Å²) in [4.78, 5) is 67.7. The molecule has 4 aromatic rings. The van der Waals surface area contributed by atoms with Crippen molar-refractivity contribution in [2.24, 2.45) is 5.92 Å². The van der Waals surface area contributed by atoms with Crippen LogP contribution in [0, 0.1) is 5.92 Å². The number of aromatic nitrogens is 1. The lowest BCUT2D eigenvalue weighted by molar-refractivity contribution is -0.122. The predicted molar refractivity (Wildman–Crippen MR) is 165 cm³/mol. The molecule has 12 heteroatoms. The Hall–Kier alpha value is -4.19. The molecular formula is C31H24ClN3O6S2. The van der Waals surface area contributed by atoms with Gasteiger partial charge in [0.25, 0.3) is 0 Å². The molecule has 3 atom stereocenters. The number of nitrogens with one attached hydrogen (secondary N) is 1. The maximum Gasteiger partial charge on any atom is 0.338 e. The van der Waals surface area contributed by atoms with Crippen molar-refractivity contribution in [3.05, 3.63) is 110 Å². The van der Waals surface area contributed by atoms with Gasteiger partial charge < -0.3 is 10.1 Å². The monoisotopic (exact) mass is 633 g/mol. The highest BCUT2D eigenvalue weighted by molar-refractivity contribution is 8.00. The van der Waals surface area contributed by atoms with Crippen molar-refractivity contribution in [1.82, 2.24) is 4.57 Å². The third kappa shape index (κ3) is 5.39. The summed E-state index contributed by atoms with van der Waals surface area (Å²) >= 11 is 8.06. The summed E-state index contributed by atoms with van der Waals surface area (Å²) in [6.07, 6.45) is 0. The van der Waals surface area contributed by atoms with Crippen molar-refractivity contribution in [2.75, 3.05) is 16.8 Å². The van der Waals surface area contributed by atoms with E-state index in [-0.39, 0.29) is 18.0 Å². The van der Waals surface area contributed by atoms with E-state index in [0.29, 0.717) is 31.9 Å². The fourth-order valence-electron chi connectivity index (χ4n) is 5.37. The van der Waals surface area contributed by atoms with Gasteiger partial charge in [0.2, 0.25) is 17.7 Å². The first kappa shape index (κ1) is 28.9. The summed E-state index contributed by atoms with van der Waals surface area (Å²) in [7, 11) is 0. The molecule has 3 amide bonds. The lowest BCUT2D eigenvalue weighted by atomic mass is 9.83. The number of halogens is 1.